The molecule has 6 N–H and O–H groups in total. The second kappa shape index (κ2) is 53.7. The number of rotatable bonds is 53. The molecule has 1 saturated heterocycles. The number of carbonyl (C=O) groups is 2. The first-order chi connectivity index (χ1) is 37.7. The van der Waals surface area contributed by atoms with Crippen LogP contribution in [0.3, 0.4) is 0 Å². The molecule has 0 aromatic rings. The molecular formula is C66H117NO10. The van der Waals surface area contributed by atoms with Gasteiger partial charge in [0.25, 0.3) is 0 Å². The maximum absolute atomic E-state index is 13.4. The van der Waals surface area contributed by atoms with E-state index in [9.17, 15) is 35.1 Å². The molecule has 0 aromatic heterocycles. The van der Waals surface area contributed by atoms with Gasteiger partial charge in [-0.1, -0.05) is 261 Å². The lowest BCUT2D eigenvalue weighted by atomic mass is 9.99. The Balaban J connectivity index is 2.60. The quantitative estimate of drug-likeness (QED) is 0.0149. The number of aliphatic hydroxyl groups excluding tert-OH is 5. The summed E-state index contributed by atoms with van der Waals surface area (Å²) in [4.78, 5) is 26.5. The van der Waals surface area contributed by atoms with Gasteiger partial charge in [0.15, 0.2) is 12.4 Å². The largest absolute Gasteiger partial charge is 0.454 e. The van der Waals surface area contributed by atoms with Crippen LogP contribution in [-0.4, -0.2) is 99.6 Å². The first-order valence-electron chi connectivity index (χ1n) is 31.7. The molecule has 11 heteroatoms. The van der Waals surface area contributed by atoms with Crippen LogP contribution in [0.1, 0.15) is 271 Å². The van der Waals surface area contributed by atoms with Crippen molar-refractivity contribution >= 4 is 11.9 Å². The van der Waals surface area contributed by atoms with Gasteiger partial charge in [-0.3, -0.25) is 9.59 Å². The third-order valence-corrected chi connectivity index (χ3v) is 14.7. The van der Waals surface area contributed by atoms with Crippen LogP contribution in [-0.2, 0) is 23.8 Å². The minimum Gasteiger partial charge on any atom is -0.454 e. The van der Waals surface area contributed by atoms with Crippen molar-refractivity contribution in [3.8, 4) is 0 Å². The highest BCUT2D eigenvalue weighted by Gasteiger charge is 2.47. The molecule has 11 nitrogen and oxygen atoms in total. The van der Waals surface area contributed by atoms with Gasteiger partial charge >= 0.3 is 5.97 Å². The molecule has 0 bridgehead atoms. The maximum Gasteiger partial charge on any atom is 0.306 e. The molecule has 446 valence electrons. The van der Waals surface area contributed by atoms with Crippen molar-refractivity contribution in [1.82, 2.24) is 5.32 Å². The number of hydrogen-bond acceptors (Lipinski definition) is 10. The minimum atomic E-state index is -1.62. The number of nitrogens with one attached hydrogen (secondary N) is 1. The fraction of sp³-hybridized carbons (Fsp3) is 0.788. The average molecular weight is 1080 g/mol. The first kappa shape index (κ1) is 72.1. The first-order valence-corrected chi connectivity index (χ1v) is 31.7. The second-order valence-electron chi connectivity index (χ2n) is 21.8. The molecule has 77 heavy (non-hydrogen) atoms. The van der Waals surface area contributed by atoms with E-state index >= 15 is 0 Å². The van der Waals surface area contributed by atoms with Crippen molar-refractivity contribution in [2.45, 2.75) is 320 Å². The summed E-state index contributed by atoms with van der Waals surface area (Å²) in [6, 6.07) is -1.03. The Morgan fingerprint density at radius 1 is 0.532 bits per heavy atom. The summed E-state index contributed by atoms with van der Waals surface area (Å²) in [5, 5.41) is 56.9. The highest BCUT2D eigenvalue weighted by molar-refractivity contribution is 5.80. The van der Waals surface area contributed by atoms with Gasteiger partial charge in [-0.25, -0.2) is 0 Å². The molecule has 8 unspecified atom stereocenters. The predicted octanol–water partition coefficient (Wildman–Crippen LogP) is 15.2. The van der Waals surface area contributed by atoms with Crippen LogP contribution >= 0.6 is 0 Å². The van der Waals surface area contributed by atoms with Crippen LogP contribution in [0.2, 0.25) is 0 Å². The van der Waals surface area contributed by atoms with E-state index in [0.717, 1.165) is 83.5 Å². The van der Waals surface area contributed by atoms with Gasteiger partial charge in [0.2, 0.25) is 5.91 Å². The molecule has 1 heterocycles. The van der Waals surface area contributed by atoms with E-state index in [2.05, 4.69) is 68.6 Å². The molecule has 1 amide bonds. The van der Waals surface area contributed by atoms with E-state index in [-0.39, 0.29) is 19.4 Å². The van der Waals surface area contributed by atoms with Crippen molar-refractivity contribution < 1.29 is 49.3 Å². The second-order valence-corrected chi connectivity index (χ2v) is 21.8. The summed E-state index contributed by atoms with van der Waals surface area (Å²) in [6.07, 6.45) is 58.1. The van der Waals surface area contributed by atoms with E-state index < -0.39 is 67.4 Å². The normalized spacial score (nSPS) is 19.5. The number of allylic oxidation sites excluding steroid dienone is 11. The van der Waals surface area contributed by atoms with Crippen molar-refractivity contribution in [2.75, 3.05) is 13.2 Å². The molecule has 1 fully saturated rings. The summed E-state index contributed by atoms with van der Waals surface area (Å²) < 4.78 is 17.6. The van der Waals surface area contributed by atoms with Crippen LogP contribution in [0.5, 0.6) is 0 Å². The van der Waals surface area contributed by atoms with E-state index in [1.807, 2.05) is 24.3 Å². The number of amides is 1. The Bertz CT molecular complexity index is 1530. The zero-order valence-corrected chi connectivity index (χ0v) is 49.3. The highest BCUT2D eigenvalue weighted by Crippen LogP contribution is 2.26. The van der Waals surface area contributed by atoms with E-state index in [0.29, 0.717) is 12.8 Å². The lowest BCUT2D eigenvalue weighted by Gasteiger charge is -2.41. The van der Waals surface area contributed by atoms with Crippen LogP contribution in [0, 0.1) is 0 Å². The Labute approximate surface area is 471 Å². The van der Waals surface area contributed by atoms with Crippen LogP contribution in [0.4, 0.5) is 0 Å². The van der Waals surface area contributed by atoms with Gasteiger partial charge in [-0.05, 0) is 77.0 Å². The molecule has 0 aliphatic carbocycles. The minimum absolute atomic E-state index is 0.0991. The van der Waals surface area contributed by atoms with Crippen LogP contribution < -0.4 is 5.32 Å². The van der Waals surface area contributed by atoms with Gasteiger partial charge in [-0.2, -0.15) is 0 Å². The Hall–Kier alpha value is -2.90. The summed E-state index contributed by atoms with van der Waals surface area (Å²) in [6.45, 7) is 5.61. The average Bonchev–Trinajstić information content (AvgIpc) is 3.44. The van der Waals surface area contributed by atoms with E-state index in [1.165, 1.54) is 141 Å². The third kappa shape index (κ3) is 41.7. The van der Waals surface area contributed by atoms with Crippen LogP contribution in [0.25, 0.3) is 0 Å². The van der Waals surface area contributed by atoms with E-state index in [1.54, 1.807) is 6.08 Å². The van der Waals surface area contributed by atoms with Crippen molar-refractivity contribution in [1.29, 1.82) is 0 Å². The monoisotopic (exact) mass is 1080 g/mol. The zero-order chi connectivity index (χ0) is 56.1. The Morgan fingerprint density at radius 3 is 1.52 bits per heavy atom. The Morgan fingerprint density at radius 2 is 0.987 bits per heavy atom. The fourth-order valence-corrected chi connectivity index (χ4v) is 9.62. The molecule has 8 atom stereocenters. The number of esters is 1. The molecule has 0 spiro atoms. The molecule has 1 aliphatic rings. The van der Waals surface area contributed by atoms with Gasteiger partial charge in [0, 0.05) is 6.42 Å². The number of unbranched alkanes of at least 4 members (excludes halogenated alkanes) is 31. The summed E-state index contributed by atoms with van der Waals surface area (Å²) in [7, 11) is 0. The van der Waals surface area contributed by atoms with Crippen LogP contribution in [0.15, 0.2) is 72.9 Å². The van der Waals surface area contributed by atoms with Crippen molar-refractivity contribution in [3.05, 3.63) is 72.9 Å². The summed E-state index contributed by atoms with van der Waals surface area (Å²) in [5.41, 5.74) is 0. The Kier molecular flexibility index (Phi) is 50.3. The molecule has 0 saturated carbocycles. The fourth-order valence-electron chi connectivity index (χ4n) is 9.62. The van der Waals surface area contributed by atoms with E-state index in [4.69, 9.17) is 14.2 Å². The number of hydrogen-bond donors (Lipinski definition) is 6. The molecule has 1 rings (SSSR count). The molecule has 0 aromatic carbocycles. The zero-order valence-electron chi connectivity index (χ0n) is 49.3. The van der Waals surface area contributed by atoms with Gasteiger partial charge in [0.1, 0.15) is 24.4 Å². The van der Waals surface area contributed by atoms with Crippen molar-refractivity contribution in [3.63, 3.8) is 0 Å². The van der Waals surface area contributed by atoms with Crippen molar-refractivity contribution in [2.24, 2.45) is 0 Å². The topological polar surface area (TPSA) is 175 Å². The van der Waals surface area contributed by atoms with Gasteiger partial charge in [-0.15, -0.1) is 0 Å². The SMILES string of the molecule is CC/C=C/C=C/C=C\CCCCCCCC(=O)OC1C(OCC(NC(=O)C(O)CCCCCCCCCCCCCCCC/C=C\C/C=C\CCCCC)C(O)/C=C/CCCCCCCCCCC)OC(CO)C(O)C1O. The lowest BCUT2D eigenvalue weighted by Crippen LogP contribution is -2.61. The van der Waals surface area contributed by atoms with Gasteiger partial charge in [0.05, 0.1) is 25.4 Å². The third-order valence-electron chi connectivity index (χ3n) is 14.7. The number of carbonyl (C=O) groups excluding carboxylic acids is 2. The molecule has 0 radical (unpaired) electrons. The number of aliphatic hydroxyl groups is 5. The summed E-state index contributed by atoms with van der Waals surface area (Å²) >= 11 is 0. The maximum atomic E-state index is 13.4. The molecular weight excluding hydrogens is 967 g/mol. The smallest absolute Gasteiger partial charge is 0.306 e. The summed E-state index contributed by atoms with van der Waals surface area (Å²) in [5.74, 6) is -1.22. The predicted molar refractivity (Wildman–Crippen MR) is 319 cm³/mol. The number of ether oxygens (including phenoxy) is 3. The van der Waals surface area contributed by atoms with Gasteiger partial charge < -0.3 is 45.1 Å². The molecule has 1 aliphatic heterocycles. The lowest BCUT2D eigenvalue weighted by molar-refractivity contribution is -0.305. The highest BCUT2D eigenvalue weighted by atomic mass is 16.7. The standard InChI is InChI=1S/C66H117NO10/c1-4-7-10-13-16-19-22-24-25-26-27-28-29-30-31-32-33-34-36-38-41-44-47-50-53-59(70)65(74)67-57(58(69)52-49-46-43-40-37-21-18-15-12-9-6-3)56-75-66-64(63(73)62(72)60(55-68)76-66)77-61(71)54-51-48-45-42-39-35-23-20-17-14-11-8-5-2/h8,11,14,16-17,19-20,23-25,49,52,57-60,62-64,66,68-70,72-73H,4-7,9-10,12-13,15,18,21-22,26-48,50-51,53-56H2,1-3H3,(H,67,74)/b11-8+,17-14+,19-16-,23-20-,25-24-,52-49+.